The maximum Gasteiger partial charge on any atom is 0.292 e. The van der Waals surface area contributed by atoms with Crippen LogP contribution in [0.1, 0.15) is 30.3 Å². The van der Waals surface area contributed by atoms with Gasteiger partial charge in [-0.3, -0.25) is 4.79 Å². The van der Waals surface area contributed by atoms with Gasteiger partial charge in [-0.15, -0.1) is 0 Å². The molecule has 0 aliphatic carbocycles. The van der Waals surface area contributed by atoms with Gasteiger partial charge in [0.05, 0.1) is 17.2 Å². The van der Waals surface area contributed by atoms with Crippen LogP contribution in [0.15, 0.2) is 53.1 Å². The third-order valence-electron chi connectivity index (χ3n) is 4.12. The third kappa shape index (κ3) is 2.87. The van der Waals surface area contributed by atoms with Crippen LogP contribution in [0.2, 0.25) is 0 Å². The molecule has 6 nitrogen and oxygen atoms in total. The quantitative estimate of drug-likeness (QED) is 0.593. The molecule has 0 spiro atoms. The van der Waals surface area contributed by atoms with Crippen molar-refractivity contribution >= 4 is 33.7 Å². The number of fused-ring (bicyclic) bond motifs is 2. The molecule has 0 saturated heterocycles. The van der Waals surface area contributed by atoms with Gasteiger partial charge < -0.3 is 9.73 Å². The molecule has 1 aromatic carbocycles. The zero-order valence-electron chi connectivity index (χ0n) is 13.9. The summed E-state index contributed by atoms with van der Waals surface area (Å²) in [6, 6.07) is 13.2. The second-order valence-electron chi connectivity index (χ2n) is 5.91. The predicted molar refractivity (Wildman–Crippen MR) is 96.6 cm³/mol. The molecule has 0 aliphatic rings. The minimum Gasteiger partial charge on any atom is -0.459 e. The molecule has 0 unspecified atom stereocenters. The molecule has 1 N–H and O–H groups in total. The molecule has 1 amide bonds. The van der Waals surface area contributed by atoms with Gasteiger partial charge in [0.25, 0.3) is 5.91 Å². The number of pyridine rings is 1. The van der Waals surface area contributed by atoms with Crippen LogP contribution in [0.5, 0.6) is 0 Å². The molecule has 0 fully saturated rings. The number of furan rings is 1. The van der Waals surface area contributed by atoms with E-state index in [0.717, 1.165) is 41.3 Å². The zero-order valence-corrected chi connectivity index (χ0v) is 13.9. The summed E-state index contributed by atoms with van der Waals surface area (Å²) >= 11 is 0. The molecule has 126 valence electrons. The molecular weight excluding hydrogens is 316 g/mol. The number of rotatable bonds is 5. The lowest BCUT2D eigenvalue weighted by Crippen LogP contribution is -2.12. The fourth-order valence-corrected chi connectivity index (χ4v) is 2.83. The normalized spacial score (nSPS) is 11.2. The van der Waals surface area contributed by atoms with Crippen molar-refractivity contribution in [2.45, 2.75) is 26.3 Å². The molecule has 0 bridgehead atoms. The van der Waals surface area contributed by atoms with Gasteiger partial charge >= 0.3 is 0 Å². The van der Waals surface area contributed by atoms with Crippen molar-refractivity contribution < 1.29 is 9.21 Å². The largest absolute Gasteiger partial charge is 0.459 e. The van der Waals surface area contributed by atoms with Crippen molar-refractivity contribution in [3.05, 3.63) is 54.5 Å². The summed E-state index contributed by atoms with van der Waals surface area (Å²) in [7, 11) is 0. The first-order valence-corrected chi connectivity index (χ1v) is 8.37. The highest BCUT2D eigenvalue weighted by Gasteiger charge is 2.17. The van der Waals surface area contributed by atoms with Gasteiger partial charge in [0, 0.05) is 11.9 Å². The minimum atomic E-state index is -0.319. The summed E-state index contributed by atoms with van der Waals surface area (Å²) < 4.78 is 7.02. The van der Waals surface area contributed by atoms with Gasteiger partial charge in [-0.1, -0.05) is 31.5 Å². The average molecular weight is 334 g/mol. The van der Waals surface area contributed by atoms with Crippen LogP contribution in [0.25, 0.3) is 21.9 Å². The Bertz CT molecular complexity index is 1030. The smallest absolute Gasteiger partial charge is 0.292 e. The van der Waals surface area contributed by atoms with E-state index in [4.69, 9.17) is 9.40 Å². The second kappa shape index (κ2) is 6.39. The van der Waals surface area contributed by atoms with E-state index in [1.807, 2.05) is 35.0 Å². The van der Waals surface area contributed by atoms with E-state index in [1.165, 1.54) is 6.26 Å². The molecular formula is C19H18N4O2. The van der Waals surface area contributed by atoms with Crippen molar-refractivity contribution in [2.75, 3.05) is 5.32 Å². The summed E-state index contributed by atoms with van der Waals surface area (Å²) in [6.07, 6.45) is 3.53. The number of aryl methyl sites for hydroxylation is 1. The van der Waals surface area contributed by atoms with Crippen LogP contribution >= 0.6 is 0 Å². The van der Waals surface area contributed by atoms with Crippen LogP contribution in [-0.4, -0.2) is 20.7 Å². The number of amides is 1. The zero-order chi connectivity index (χ0) is 17.2. The van der Waals surface area contributed by atoms with Gasteiger partial charge in [-0.05, 0) is 30.7 Å². The molecule has 6 heteroatoms. The van der Waals surface area contributed by atoms with E-state index in [1.54, 1.807) is 12.1 Å². The van der Waals surface area contributed by atoms with Gasteiger partial charge in [0.2, 0.25) is 0 Å². The Kier molecular flexibility index (Phi) is 3.93. The predicted octanol–water partition coefficient (Wildman–Crippen LogP) is 4.23. The Balaban J connectivity index is 1.81. The maximum atomic E-state index is 12.3. The molecule has 4 rings (SSSR count). The average Bonchev–Trinajstić information content (AvgIpc) is 3.27. The van der Waals surface area contributed by atoms with E-state index >= 15 is 0 Å². The summed E-state index contributed by atoms with van der Waals surface area (Å²) in [5.41, 5.74) is 1.69. The third-order valence-corrected chi connectivity index (χ3v) is 4.12. The number of carbonyl (C=O) groups excluding carboxylic acids is 1. The van der Waals surface area contributed by atoms with Crippen LogP contribution in [-0.2, 0) is 6.54 Å². The van der Waals surface area contributed by atoms with E-state index in [2.05, 4.69) is 17.3 Å². The maximum absolute atomic E-state index is 12.3. The van der Waals surface area contributed by atoms with Crippen molar-refractivity contribution in [3.8, 4) is 0 Å². The number of aromatic nitrogens is 3. The first-order valence-electron chi connectivity index (χ1n) is 8.37. The molecule has 3 heterocycles. The van der Waals surface area contributed by atoms with Crippen molar-refractivity contribution in [1.29, 1.82) is 0 Å². The van der Waals surface area contributed by atoms with Crippen LogP contribution in [0.4, 0.5) is 5.82 Å². The van der Waals surface area contributed by atoms with Crippen molar-refractivity contribution in [1.82, 2.24) is 14.8 Å². The minimum absolute atomic E-state index is 0.255. The highest BCUT2D eigenvalue weighted by atomic mass is 16.3. The summed E-state index contributed by atoms with van der Waals surface area (Å²) in [5, 5.41) is 9.27. The Labute approximate surface area is 144 Å². The van der Waals surface area contributed by atoms with E-state index in [9.17, 15) is 4.79 Å². The molecule has 0 aliphatic heterocycles. The summed E-state index contributed by atoms with van der Waals surface area (Å²) in [5.74, 6) is 0.441. The number of carbonyl (C=O) groups is 1. The van der Waals surface area contributed by atoms with Crippen LogP contribution in [0.3, 0.4) is 0 Å². The van der Waals surface area contributed by atoms with Gasteiger partial charge in [-0.25, -0.2) is 9.67 Å². The second-order valence-corrected chi connectivity index (χ2v) is 5.91. The molecule has 4 aromatic rings. The lowest BCUT2D eigenvalue weighted by Gasteiger charge is -2.02. The number of anilines is 1. The van der Waals surface area contributed by atoms with Gasteiger partial charge in [-0.2, -0.15) is 5.10 Å². The highest BCUT2D eigenvalue weighted by molar-refractivity contribution is 6.07. The number of para-hydroxylation sites is 1. The topological polar surface area (TPSA) is 73.0 Å². The Hall–Kier alpha value is -3.15. The Morgan fingerprint density at radius 3 is 2.92 bits per heavy atom. The first-order chi connectivity index (χ1) is 12.3. The number of nitrogens with zero attached hydrogens (tertiary/aromatic N) is 3. The first kappa shape index (κ1) is 15.4. The molecule has 25 heavy (non-hydrogen) atoms. The monoisotopic (exact) mass is 334 g/mol. The van der Waals surface area contributed by atoms with Gasteiger partial charge in [0.1, 0.15) is 0 Å². The number of hydrogen-bond donors (Lipinski definition) is 1. The van der Waals surface area contributed by atoms with Crippen molar-refractivity contribution in [2.24, 2.45) is 0 Å². The van der Waals surface area contributed by atoms with Crippen LogP contribution in [0, 0.1) is 0 Å². The SMILES string of the molecule is CCCCn1nc(NC(=O)c2ccco2)c2cc3ccccc3nc21. The molecule has 0 radical (unpaired) electrons. The highest BCUT2D eigenvalue weighted by Crippen LogP contribution is 2.26. The lowest BCUT2D eigenvalue weighted by atomic mass is 10.2. The summed E-state index contributed by atoms with van der Waals surface area (Å²) in [6.45, 7) is 2.89. The number of unbranched alkanes of at least 4 members (excludes halogenated alkanes) is 1. The Morgan fingerprint density at radius 2 is 2.12 bits per heavy atom. The summed E-state index contributed by atoms with van der Waals surface area (Å²) in [4.78, 5) is 17.1. The number of hydrogen-bond acceptors (Lipinski definition) is 4. The Morgan fingerprint density at radius 1 is 1.24 bits per heavy atom. The standard InChI is InChI=1S/C19H18N4O2/c1-2-3-10-23-18-14(12-13-7-4-5-8-15(13)20-18)17(22-23)21-19(24)16-9-6-11-25-16/h4-9,11-12H,2-3,10H2,1H3,(H,21,22,24). The molecule has 0 atom stereocenters. The lowest BCUT2D eigenvalue weighted by molar-refractivity contribution is 0.0996. The number of benzene rings is 1. The van der Waals surface area contributed by atoms with Gasteiger partial charge in [0.15, 0.2) is 17.2 Å². The van der Waals surface area contributed by atoms with E-state index in [0.29, 0.717) is 5.82 Å². The molecule has 0 saturated carbocycles. The van der Waals surface area contributed by atoms with Crippen LogP contribution < -0.4 is 5.32 Å². The fraction of sp³-hybridized carbons (Fsp3) is 0.211. The number of nitrogens with one attached hydrogen (secondary N) is 1. The fourth-order valence-electron chi connectivity index (χ4n) is 2.83. The molecule has 3 aromatic heterocycles. The van der Waals surface area contributed by atoms with E-state index in [-0.39, 0.29) is 11.7 Å². The van der Waals surface area contributed by atoms with E-state index < -0.39 is 0 Å². The van der Waals surface area contributed by atoms with Crippen molar-refractivity contribution in [3.63, 3.8) is 0 Å².